The molecular formula is C23H28N2O5S. The number of hydrogen-bond acceptors (Lipinski definition) is 6. The van der Waals surface area contributed by atoms with E-state index in [1.807, 2.05) is 30.3 Å². The normalized spacial score (nSPS) is 18.6. The van der Waals surface area contributed by atoms with Gasteiger partial charge in [-0.25, -0.2) is 8.42 Å². The number of para-hydroxylation sites is 1. The zero-order valence-electron chi connectivity index (χ0n) is 17.9. The van der Waals surface area contributed by atoms with Crippen molar-refractivity contribution in [2.75, 3.05) is 43.8 Å². The van der Waals surface area contributed by atoms with Crippen molar-refractivity contribution in [3.63, 3.8) is 0 Å². The minimum Gasteiger partial charge on any atom is -0.496 e. The molecule has 0 radical (unpaired) electrons. The van der Waals surface area contributed by atoms with E-state index in [2.05, 4.69) is 4.90 Å². The quantitative estimate of drug-likeness (QED) is 0.688. The molecule has 2 aromatic rings. The van der Waals surface area contributed by atoms with E-state index in [1.54, 1.807) is 19.2 Å². The van der Waals surface area contributed by atoms with Gasteiger partial charge in [-0.2, -0.15) is 0 Å². The molecule has 1 saturated heterocycles. The molecule has 7 nitrogen and oxygen atoms in total. The third kappa shape index (κ3) is 4.33. The molecule has 1 N–H and O–H groups in total. The number of carbonyl (C=O) groups is 1. The molecule has 2 aliphatic rings. The van der Waals surface area contributed by atoms with Gasteiger partial charge >= 0.3 is 0 Å². The molecule has 1 fully saturated rings. The van der Waals surface area contributed by atoms with Crippen LogP contribution >= 0.6 is 0 Å². The number of Topliss-reactive ketones (excluding diaryl/α,β-unsaturated/α-hetero) is 1. The Bertz CT molecular complexity index is 1090. The SMILES string of the molecule is COc1ccccc1C1(O)CCN(CC(=O)c2ccc3c(c2)CCN3S(C)(=O)=O)CC1. The molecule has 4 rings (SSSR count). The highest BCUT2D eigenvalue weighted by molar-refractivity contribution is 7.92. The molecule has 0 atom stereocenters. The molecule has 2 aliphatic heterocycles. The number of sulfonamides is 1. The number of nitrogens with zero attached hydrogens (tertiary/aromatic N) is 2. The Hall–Kier alpha value is -2.42. The van der Waals surface area contributed by atoms with Crippen LogP contribution in [0.15, 0.2) is 42.5 Å². The minimum atomic E-state index is -3.30. The van der Waals surface area contributed by atoms with Crippen LogP contribution in [-0.2, 0) is 22.0 Å². The number of anilines is 1. The Labute approximate surface area is 183 Å². The van der Waals surface area contributed by atoms with Crippen molar-refractivity contribution in [2.24, 2.45) is 0 Å². The highest BCUT2D eigenvalue weighted by Crippen LogP contribution is 2.38. The van der Waals surface area contributed by atoms with Crippen LogP contribution in [0.3, 0.4) is 0 Å². The van der Waals surface area contributed by atoms with Gasteiger partial charge in [0.2, 0.25) is 10.0 Å². The molecule has 0 saturated carbocycles. The Morgan fingerprint density at radius 2 is 1.84 bits per heavy atom. The molecule has 2 aromatic carbocycles. The van der Waals surface area contributed by atoms with Crippen LogP contribution in [0, 0.1) is 0 Å². The molecule has 0 bridgehead atoms. The van der Waals surface area contributed by atoms with Gasteiger partial charge in [-0.15, -0.1) is 0 Å². The zero-order chi connectivity index (χ0) is 22.2. The summed E-state index contributed by atoms with van der Waals surface area (Å²) in [4.78, 5) is 14.9. The lowest BCUT2D eigenvalue weighted by atomic mass is 9.83. The molecule has 8 heteroatoms. The Kier molecular flexibility index (Phi) is 5.81. The number of hydrogen-bond donors (Lipinski definition) is 1. The second kappa shape index (κ2) is 8.26. The first-order valence-corrected chi connectivity index (χ1v) is 12.3. The van der Waals surface area contributed by atoms with E-state index in [0.717, 1.165) is 11.1 Å². The molecule has 0 unspecified atom stereocenters. The summed E-state index contributed by atoms with van der Waals surface area (Å²) in [7, 11) is -1.70. The predicted octanol–water partition coefficient (Wildman–Crippen LogP) is 2.18. The van der Waals surface area contributed by atoms with E-state index in [4.69, 9.17) is 4.74 Å². The Balaban J connectivity index is 1.41. The summed E-state index contributed by atoms with van der Waals surface area (Å²) in [5, 5.41) is 11.2. The van der Waals surface area contributed by atoms with Gasteiger partial charge in [-0.1, -0.05) is 18.2 Å². The third-order valence-electron chi connectivity index (χ3n) is 6.31. The number of benzene rings is 2. The number of fused-ring (bicyclic) bond motifs is 1. The van der Waals surface area contributed by atoms with Gasteiger partial charge in [0.05, 0.1) is 31.2 Å². The van der Waals surface area contributed by atoms with Gasteiger partial charge in [0.1, 0.15) is 5.75 Å². The maximum absolute atomic E-state index is 12.9. The van der Waals surface area contributed by atoms with Crippen molar-refractivity contribution in [1.82, 2.24) is 4.90 Å². The summed E-state index contributed by atoms with van der Waals surface area (Å²) in [5.41, 5.74) is 1.98. The Morgan fingerprint density at radius 3 is 2.52 bits per heavy atom. The second-order valence-electron chi connectivity index (χ2n) is 8.36. The first-order chi connectivity index (χ1) is 14.7. The summed E-state index contributed by atoms with van der Waals surface area (Å²) >= 11 is 0. The molecular weight excluding hydrogens is 416 g/mol. The number of ketones is 1. The average Bonchev–Trinajstić information content (AvgIpc) is 3.19. The van der Waals surface area contributed by atoms with Gasteiger partial charge in [0.25, 0.3) is 0 Å². The van der Waals surface area contributed by atoms with Crippen LogP contribution in [0.2, 0.25) is 0 Å². The lowest BCUT2D eigenvalue weighted by Gasteiger charge is -2.38. The van der Waals surface area contributed by atoms with E-state index in [-0.39, 0.29) is 12.3 Å². The van der Waals surface area contributed by atoms with E-state index in [0.29, 0.717) is 55.9 Å². The smallest absolute Gasteiger partial charge is 0.232 e. The maximum atomic E-state index is 12.9. The highest BCUT2D eigenvalue weighted by Gasteiger charge is 2.36. The fourth-order valence-electron chi connectivity index (χ4n) is 4.56. The number of carbonyl (C=O) groups excluding carboxylic acids is 1. The van der Waals surface area contributed by atoms with Gasteiger partial charge in [-0.05, 0) is 49.1 Å². The van der Waals surface area contributed by atoms with E-state index < -0.39 is 15.6 Å². The van der Waals surface area contributed by atoms with Crippen LogP contribution in [0.4, 0.5) is 5.69 Å². The second-order valence-corrected chi connectivity index (χ2v) is 10.3. The Morgan fingerprint density at radius 1 is 1.13 bits per heavy atom. The number of methoxy groups -OCH3 is 1. The average molecular weight is 445 g/mol. The highest BCUT2D eigenvalue weighted by atomic mass is 32.2. The van der Waals surface area contributed by atoms with Gasteiger partial charge in [-0.3, -0.25) is 14.0 Å². The predicted molar refractivity (Wildman–Crippen MR) is 119 cm³/mol. The number of aliphatic hydroxyl groups is 1. The van der Waals surface area contributed by atoms with E-state index in [9.17, 15) is 18.3 Å². The molecule has 0 aromatic heterocycles. The van der Waals surface area contributed by atoms with Crippen molar-refractivity contribution < 1.29 is 23.1 Å². The lowest BCUT2D eigenvalue weighted by Crippen LogP contribution is -2.44. The van der Waals surface area contributed by atoms with Crippen LogP contribution in [0.5, 0.6) is 5.75 Å². The van der Waals surface area contributed by atoms with Gasteiger partial charge in [0, 0.05) is 30.8 Å². The topological polar surface area (TPSA) is 87.2 Å². The zero-order valence-corrected chi connectivity index (χ0v) is 18.7. The summed E-state index contributed by atoms with van der Waals surface area (Å²) < 4.78 is 30.6. The molecule has 166 valence electrons. The summed E-state index contributed by atoms with van der Waals surface area (Å²) in [6.07, 6.45) is 2.85. The largest absolute Gasteiger partial charge is 0.496 e. The standard InChI is InChI=1S/C23H28N2O5S/c1-30-22-6-4-3-5-19(22)23(27)10-13-24(14-11-23)16-21(26)18-7-8-20-17(15-18)9-12-25(20)31(2,28)29/h3-8,15,27H,9-14,16H2,1-2H3. The van der Waals surface area contributed by atoms with Crippen LogP contribution in [0.1, 0.15) is 34.3 Å². The summed E-state index contributed by atoms with van der Waals surface area (Å²) in [6, 6.07) is 12.8. The monoisotopic (exact) mass is 444 g/mol. The number of ether oxygens (including phenoxy) is 1. The molecule has 0 aliphatic carbocycles. The van der Waals surface area contributed by atoms with Crippen LogP contribution < -0.4 is 9.04 Å². The van der Waals surface area contributed by atoms with Crippen LogP contribution in [-0.4, -0.2) is 63.8 Å². The van der Waals surface area contributed by atoms with Gasteiger partial charge < -0.3 is 9.84 Å². The van der Waals surface area contributed by atoms with Crippen molar-refractivity contribution in [2.45, 2.75) is 24.9 Å². The number of piperidine rings is 1. The van der Waals surface area contributed by atoms with E-state index >= 15 is 0 Å². The molecule has 0 amide bonds. The van der Waals surface area contributed by atoms with E-state index in [1.165, 1.54) is 10.6 Å². The minimum absolute atomic E-state index is 0.00309. The first kappa shape index (κ1) is 21.8. The number of rotatable bonds is 6. The summed E-state index contributed by atoms with van der Waals surface area (Å²) in [6.45, 7) is 1.90. The first-order valence-electron chi connectivity index (χ1n) is 10.4. The third-order valence-corrected chi connectivity index (χ3v) is 7.49. The van der Waals surface area contributed by atoms with Crippen LogP contribution in [0.25, 0.3) is 0 Å². The van der Waals surface area contributed by atoms with Crippen molar-refractivity contribution in [1.29, 1.82) is 0 Å². The fraction of sp³-hybridized carbons (Fsp3) is 0.435. The summed E-state index contributed by atoms with van der Waals surface area (Å²) in [5.74, 6) is 0.680. The maximum Gasteiger partial charge on any atom is 0.232 e. The molecule has 2 heterocycles. The van der Waals surface area contributed by atoms with Gasteiger partial charge in [0.15, 0.2) is 5.78 Å². The van der Waals surface area contributed by atoms with Crippen molar-refractivity contribution >= 4 is 21.5 Å². The molecule has 31 heavy (non-hydrogen) atoms. The van der Waals surface area contributed by atoms with Crippen molar-refractivity contribution in [3.05, 3.63) is 59.2 Å². The molecule has 0 spiro atoms. The fourth-order valence-corrected chi connectivity index (χ4v) is 5.52. The number of likely N-dealkylation sites (tertiary alicyclic amines) is 1. The van der Waals surface area contributed by atoms with Crippen molar-refractivity contribution in [3.8, 4) is 5.75 Å². The lowest BCUT2D eigenvalue weighted by molar-refractivity contribution is -0.0260.